The third-order valence-electron chi connectivity index (χ3n) is 3.15. The summed E-state index contributed by atoms with van der Waals surface area (Å²) in [5.74, 6) is -1.22. The molecule has 0 spiro atoms. The monoisotopic (exact) mass is 319 g/mol. The molecule has 0 aliphatic carbocycles. The van der Waals surface area contributed by atoms with E-state index in [-0.39, 0.29) is 11.3 Å². The quantitative estimate of drug-likeness (QED) is 0.785. The van der Waals surface area contributed by atoms with E-state index in [0.29, 0.717) is 10.9 Å². The van der Waals surface area contributed by atoms with Crippen molar-refractivity contribution in [3.8, 4) is 0 Å². The lowest BCUT2D eigenvalue weighted by atomic mass is 10.1. The lowest BCUT2D eigenvalue weighted by Crippen LogP contribution is -2.29. The Labute approximate surface area is 133 Å². The minimum absolute atomic E-state index is 0.0366. The van der Waals surface area contributed by atoms with Crippen molar-refractivity contribution in [2.24, 2.45) is 0 Å². The van der Waals surface area contributed by atoms with E-state index < -0.39 is 23.5 Å². The van der Waals surface area contributed by atoms with Crippen LogP contribution in [0, 0.1) is 5.82 Å². The summed E-state index contributed by atoms with van der Waals surface area (Å²) in [4.78, 5) is 24.5. The van der Waals surface area contributed by atoms with Crippen LogP contribution in [0.4, 0.5) is 9.18 Å². The molecule has 0 radical (unpaired) electrons. The lowest BCUT2D eigenvalue weighted by Gasteiger charge is -2.20. The molecule has 0 N–H and O–H groups in total. The van der Waals surface area contributed by atoms with Crippen molar-refractivity contribution in [3.63, 3.8) is 0 Å². The molecule has 2 aromatic rings. The van der Waals surface area contributed by atoms with Crippen LogP contribution in [0.15, 0.2) is 24.8 Å². The van der Waals surface area contributed by atoms with Gasteiger partial charge < -0.3 is 9.47 Å². The maximum atomic E-state index is 13.9. The van der Waals surface area contributed by atoms with Gasteiger partial charge in [0.15, 0.2) is 0 Å². The van der Waals surface area contributed by atoms with Crippen molar-refractivity contribution in [2.45, 2.75) is 26.4 Å². The van der Waals surface area contributed by atoms with Crippen LogP contribution >= 0.6 is 0 Å². The number of rotatable bonds is 2. The Balaban J connectivity index is 2.77. The number of ether oxygens (including phenoxy) is 2. The molecule has 0 aliphatic heterocycles. The van der Waals surface area contributed by atoms with Gasteiger partial charge in [0.2, 0.25) is 0 Å². The highest BCUT2D eigenvalue weighted by atomic mass is 19.1. The molecule has 122 valence electrons. The molecule has 0 saturated heterocycles. The van der Waals surface area contributed by atoms with Gasteiger partial charge in [-0.05, 0) is 39.0 Å². The second kappa shape index (κ2) is 5.87. The van der Waals surface area contributed by atoms with Gasteiger partial charge in [-0.2, -0.15) is 0 Å². The Morgan fingerprint density at radius 3 is 2.48 bits per heavy atom. The highest BCUT2D eigenvalue weighted by Crippen LogP contribution is 2.28. The van der Waals surface area contributed by atoms with Crippen LogP contribution in [0.5, 0.6) is 0 Å². The number of hydrogen-bond acceptors (Lipinski definition) is 4. The highest BCUT2D eigenvalue weighted by Gasteiger charge is 2.26. The number of benzene rings is 1. The maximum Gasteiger partial charge on any atom is 0.419 e. The van der Waals surface area contributed by atoms with E-state index in [4.69, 9.17) is 9.47 Å². The highest BCUT2D eigenvalue weighted by molar-refractivity contribution is 6.03. The first kappa shape index (κ1) is 16.7. The molecular formula is C17H18FNO4. The van der Waals surface area contributed by atoms with Crippen molar-refractivity contribution >= 4 is 29.0 Å². The molecule has 0 atom stereocenters. The van der Waals surface area contributed by atoms with Gasteiger partial charge in [-0.25, -0.2) is 18.5 Å². The van der Waals surface area contributed by atoms with Crippen LogP contribution in [-0.2, 0) is 9.47 Å². The summed E-state index contributed by atoms with van der Waals surface area (Å²) in [5.41, 5.74) is -0.237. The first-order chi connectivity index (χ1) is 10.7. The molecule has 0 fully saturated rings. The molecule has 0 saturated carbocycles. The van der Waals surface area contributed by atoms with Crippen LogP contribution in [0.3, 0.4) is 0 Å². The zero-order chi connectivity index (χ0) is 17.4. The predicted octanol–water partition coefficient (Wildman–Crippen LogP) is 3.99. The molecule has 5 nitrogen and oxygen atoms in total. The van der Waals surface area contributed by atoms with Crippen LogP contribution in [-0.4, -0.2) is 29.3 Å². The number of fused-ring (bicyclic) bond motifs is 1. The average molecular weight is 319 g/mol. The molecule has 0 amide bonds. The molecule has 2 rings (SSSR count). The van der Waals surface area contributed by atoms with Gasteiger partial charge >= 0.3 is 12.1 Å². The summed E-state index contributed by atoms with van der Waals surface area (Å²) in [5, 5.41) is 0.381. The molecule has 1 heterocycles. The summed E-state index contributed by atoms with van der Waals surface area (Å²) < 4.78 is 25.0. The minimum Gasteiger partial charge on any atom is -0.464 e. The molecule has 0 aliphatic rings. The van der Waals surface area contributed by atoms with Crippen molar-refractivity contribution in [1.29, 1.82) is 0 Å². The van der Waals surface area contributed by atoms with Gasteiger partial charge in [-0.15, -0.1) is 0 Å². The molecule has 0 bridgehead atoms. The molecule has 23 heavy (non-hydrogen) atoms. The fraction of sp³-hybridized carbons (Fsp3) is 0.294. The standard InChI is InChI=1S/C17H18FNO4/c1-6-10-11-9-14(15(20)22-5)19(13(11)8-7-12(10)18)16(21)23-17(2,3)4/h6-9H,1H2,2-5H3. The fourth-order valence-corrected chi connectivity index (χ4v) is 2.24. The number of carbonyl (C=O) groups excluding carboxylic acids is 2. The van der Waals surface area contributed by atoms with E-state index >= 15 is 0 Å². The van der Waals surface area contributed by atoms with Gasteiger partial charge in [-0.3, -0.25) is 0 Å². The first-order valence-electron chi connectivity index (χ1n) is 6.97. The second-order valence-electron chi connectivity index (χ2n) is 5.93. The third-order valence-corrected chi connectivity index (χ3v) is 3.15. The first-order valence-corrected chi connectivity index (χ1v) is 6.97. The van der Waals surface area contributed by atoms with E-state index in [1.54, 1.807) is 20.8 Å². The Morgan fingerprint density at radius 1 is 1.30 bits per heavy atom. The molecule has 0 unspecified atom stereocenters. The zero-order valence-corrected chi connectivity index (χ0v) is 13.5. The van der Waals surface area contributed by atoms with Crippen molar-refractivity contribution in [3.05, 3.63) is 41.9 Å². The van der Waals surface area contributed by atoms with Crippen molar-refractivity contribution in [1.82, 2.24) is 4.57 Å². The van der Waals surface area contributed by atoms with Crippen molar-refractivity contribution in [2.75, 3.05) is 7.11 Å². The lowest BCUT2D eigenvalue weighted by molar-refractivity contribution is 0.0489. The predicted molar refractivity (Wildman–Crippen MR) is 85.0 cm³/mol. The number of methoxy groups -OCH3 is 1. The second-order valence-corrected chi connectivity index (χ2v) is 5.93. The Kier molecular flexibility index (Phi) is 4.27. The van der Waals surface area contributed by atoms with Crippen LogP contribution in [0.25, 0.3) is 17.0 Å². The van der Waals surface area contributed by atoms with Crippen LogP contribution < -0.4 is 0 Å². The summed E-state index contributed by atoms with van der Waals surface area (Å²) in [6.45, 7) is 8.70. The Hall–Kier alpha value is -2.63. The van der Waals surface area contributed by atoms with Crippen LogP contribution in [0.2, 0.25) is 0 Å². The van der Waals surface area contributed by atoms with Gasteiger partial charge in [0.25, 0.3) is 0 Å². The Bertz CT molecular complexity index is 799. The van der Waals surface area contributed by atoms with Gasteiger partial charge in [0, 0.05) is 10.9 Å². The fourth-order valence-electron chi connectivity index (χ4n) is 2.24. The third kappa shape index (κ3) is 3.11. The van der Waals surface area contributed by atoms with Gasteiger partial charge in [-0.1, -0.05) is 12.7 Å². The average Bonchev–Trinajstić information content (AvgIpc) is 2.84. The summed E-state index contributed by atoms with van der Waals surface area (Å²) in [6, 6.07) is 4.01. The Morgan fingerprint density at radius 2 is 1.96 bits per heavy atom. The molecule has 1 aromatic heterocycles. The van der Waals surface area contributed by atoms with Crippen molar-refractivity contribution < 1.29 is 23.5 Å². The van der Waals surface area contributed by atoms with Gasteiger partial charge in [0.1, 0.15) is 17.1 Å². The summed E-state index contributed by atoms with van der Waals surface area (Å²) >= 11 is 0. The number of carbonyl (C=O) groups is 2. The van der Waals surface area contributed by atoms with E-state index in [9.17, 15) is 14.0 Å². The smallest absolute Gasteiger partial charge is 0.419 e. The van der Waals surface area contributed by atoms with Crippen LogP contribution in [0.1, 0.15) is 36.8 Å². The van der Waals surface area contributed by atoms with E-state index in [1.807, 2.05) is 0 Å². The topological polar surface area (TPSA) is 57.5 Å². The number of aromatic nitrogens is 1. The normalized spacial score (nSPS) is 11.3. The largest absolute Gasteiger partial charge is 0.464 e. The molecule has 6 heteroatoms. The van der Waals surface area contributed by atoms with E-state index in [0.717, 1.165) is 4.57 Å². The van der Waals surface area contributed by atoms with E-state index in [1.165, 1.54) is 31.4 Å². The number of halogens is 1. The molecule has 1 aromatic carbocycles. The number of nitrogens with zero attached hydrogens (tertiary/aromatic N) is 1. The maximum absolute atomic E-state index is 13.9. The SMILES string of the molecule is C=Cc1c(F)ccc2c1cc(C(=O)OC)n2C(=O)OC(C)(C)C. The number of hydrogen-bond donors (Lipinski definition) is 0. The summed E-state index contributed by atoms with van der Waals surface area (Å²) in [7, 11) is 1.20. The number of esters is 1. The molecular weight excluding hydrogens is 301 g/mol. The minimum atomic E-state index is -0.748. The summed E-state index contributed by atoms with van der Waals surface area (Å²) in [6.07, 6.45) is 0.590. The van der Waals surface area contributed by atoms with Gasteiger partial charge in [0.05, 0.1) is 12.6 Å². The van der Waals surface area contributed by atoms with E-state index in [2.05, 4.69) is 6.58 Å². The zero-order valence-electron chi connectivity index (χ0n) is 13.5.